The maximum Gasteiger partial charge on any atom is 0.337 e. The van der Waals surface area contributed by atoms with Crippen LogP contribution < -0.4 is 5.32 Å². The fourth-order valence-corrected chi connectivity index (χ4v) is 2.19. The minimum Gasteiger partial charge on any atom is -0.465 e. The molecule has 1 aliphatic heterocycles. The summed E-state index contributed by atoms with van der Waals surface area (Å²) in [6.45, 7) is 0. The lowest BCUT2D eigenvalue weighted by molar-refractivity contribution is -0.115. The molecule has 23 heavy (non-hydrogen) atoms. The Labute approximate surface area is 133 Å². The van der Waals surface area contributed by atoms with Crippen molar-refractivity contribution in [2.45, 2.75) is 0 Å². The fourth-order valence-electron chi connectivity index (χ4n) is 2.19. The van der Waals surface area contributed by atoms with Gasteiger partial charge in [0.05, 0.1) is 12.7 Å². The van der Waals surface area contributed by atoms with Crippen LogP contribution in [-0.4, -0.2) is 24.8 Å². The van der Waals surface area contributed by atoms with Crippen molar-refractivity contribution < 1.29 is 14.3 Å². The van der Waals surface area contributed by atoms with Crippen molar-refractivity contribution in [1.82, 2.24) is 5.32 Å². The first-order chi connectivity index (χ1) is 11.2. The first-order valence-corrected chi connectivity index (χ1v) is 7.03. The number of carbonyl (C=O) groups is 2. The molecular weight excluding hydrogens is 292 g/mol. The van der Waals surface area contributed by atoms with Crippen LogP contribution in [0.4, 0.5) is 0 Å². The summed E-state index contributed by atoms with van der Waals surface area (Å²) >= 11 is 0. The summed E-state index contributed by atoms with van der Waals surface area (Å²) in [4.78, 5) is 27.7. The van der Waals surface area contributed by atoms with Crippen molar-refractivity contribution in [1.29, 1.82) is 0 Å². The van der Waals surface area contributed by atoms with Crippen LogP contribution in [0.25, 0.3) is 6.08 Å². The van der Waals surface area contributed by atoms with Crippen LogP contribution in [0.1, 0.15) is 21.5 Å². The summed E-state index contributed by atoms with van der Waals surface area (Å²) in [7, 11) is 1.33. The molecule has 5 nitrogen and oxygen atoms in total. The van der Waals surface area contributed by atoms with Crippen LogP contribution in [0.15, 0.2) is 65.3 Å². The highest BCUT2D eigenvalue weighted by molar-refractivity contribution is 6.19. The number of aliphatic imine (C=N–C) groups is 1. The van der Waals surface area contributed by atoms with Crippen molar-refractivity contribution in [3.63, 3.8) is 0 Å². The molecule has 0 spiro atoms. The van der Waals surface area contributed by atoms with Gasteiger partial charge in [0.1, 0.15) is 11.5 Å². The molecule has 2 aromatic rings. The van der Waals surface area contributed by atoms with Gasteiger partial charge in [-0.05, 0) is 23.8 Å². The zero-order chi connectivity index (χ0) is 16.2. The number of ether oxygens (including phenoxy) is 1. The number of methoxy groups -OCH3 is 1. The standard InChI is InChI=1S/C18H14N2O3/c1-23-18(22)14-9-7-12(8-10-14)11-15-17(21)20-16(19-15)13-5-3-2-4-6-13/h2-11H,1H3,(H,19,20,21)/b15-11+. The van der Waals surface area contributed by atoms with Gasteiger partial charge >= 0.3 is 5.97 Å². The zero-order valence-corrected chi connectivity index (χ0v) is 12.4. The summed E-state index contributed by atoms with van der Waals surface area (Å²) < 4.78 is 4.65. The highest BCUT2D eigenvalue weighted by Crippen LogP contribution is 2.15. The number of hydrogen-bond acceptors (Lipinski definition) is 4. The second kappa shape index (κ2) is 6.27. The molecule has 0 saturated carbocycles. The summed E-state index contributed by atoms with van der Waals surface area (Å²) in [6, 6.07) is 16.2. The van der Waals surface area contributed by atoms with Crippen LogP contribution >= 0.6 is 0 Å². The second-order valence-electron chi connectivity index (χ2n) is 4.92. The highest BCUT2D eigenvalue weighted by Gasteiger charge is 2.20. The molecule has 3 rings (SSSR count). The largest absolute Gasteiger partial charge is 0.465 e. The Kier molecular flexibility index (Phi) is 4.01. The summed E-state index contributed by atoms with van der Waals surface area (Å²) in [5.74, 6) is -0.110. The van der Waals surface area contributed by atoms with E-state index in [-0.39, 0.29) is 5.91 Å². The third kappa shape index (κ3) is 3.18. The first-order valence-electron chi connectivity index (χ1n) is 7.03. The Balaban J connectivity index is 1.86. The Morgan fingerprint density at radius 2 is 1.78 bits per heavy atom. The minimum atomic E-state index is -0.396. The molecule has 114 valence electrons. The highest BCUT2D eigenvalue weighted by atomic mass is 16.5. The van der Waals surface area contributed by atoms with Crippen molar-refractivity contribution in [2.75, 3.05) is 7.11 Å². The zero-order valence-electron chi connectivity index (χ0n) is 12.4. The number of amides is 1. The van der Waals surface area contributed by atoms with Crippen molar-refractivity contribution >= 4 is 23.8 Å². The molecule has 1 heterocycles. The SMILES string of the molecule is COC(=O)c1ccc(/C=C2/N=C(c3ccccc3)NC2=O)cc1. The number of nitrogens with zero attached hydrogens (tertiary/aromatic N) is 1. The number of amidine groups is 1. The van der Waals surface area contributed by atoms with E-state index in [4.69, 9.17) is 0 Å². The van der Waals surface area contributed by atoms with Gasteiger partial charge in [-0.2, -0.15) is 0 Å². The average Bonchev–Trinajstić information content (AvgIpc) is 2.96. The quantitative estimate of drug-likeness (QED) is 0.699. The van der Waals surface area contributed by atoms with Gasteiger partial charge in [-0.25, -0.2) is 9.79 Å². The maximum atomic E-state index is 12.0. The van der Waals surface area contributed by atoms with Gasteiger partial charge in [0.25, 0.3) is 5.91 Å². The molecule has 0 unspecified atom stereocenters. The topological polar surface area (TPSA) is 67.8 Å². The van der Waals surface area contributed by atoms with Crippen LogP contribution in [0.3, 0.4) is 0 Å². The normalized spacial score (nSPS) is 15.3. The van der Waals surface area contributed by atoms with E-state index in [1.165, 1.54) is 7.11 Å². The van der Waals surface area contributed by atoms with E-state index in [9.17, 15) is 9.59 Å². The van der Waals surface area contributed by atoms with Gasteiger partial charge in [0, 0.05) is 5.56 Å². The second-order valence-corrected chi connectivity index (χ2v) is 4.92. The number of esters is 1. The minimum absolute atomic E-state index is 0.249. The van der Waals surface area contributed by atoms with Crippen LogP contribution in [0.2, 0.25) is 0 Å². The van der Waals surface area contributed by atoms with Crippen molar-refractivity contribution in [3.8, 4) is 0 Å². The van der Waals surface area contributed by atoms with E-state index in [0.29, 0.717) is 17.1 Å². The van der Waals surface area contributed by atoms with Gasteiger partial charge in [-0.15, -0.1) is 0 Å². The predicted molar refractivity (Wildman–Crippen MR) is 86.9 cm³/mol. The maximum absolute atomic E-state index is 12.0. The third-order valence-electron chi connectivity index (χ3n) is 3.38. The third-order valence-corrected chi connectivity index (χ3v) is 3.38. The van der Waals surface area contributed by atoms with Gasteiger partial charge < -0.3 is 10.1 Å². The van der Waals surface area contributed by atoms with Gasteiger partial charge in [0.2, 0.25) is 0 Å². The number of rotatable bonds is 3. The molecule has 5 heteroatoms. The summed E-state index contributed by atoms with van der Waals surface area (Å²) in [5.41, 5.74) is 2.42. The van der Waals surface area contributed by atoms with Crippen molar-refractivity contribution in [3.05, 3.63) is 77.0 Å². The summed E-state index contributed by atoms with van der Waals surface area (Å²) in [5, 5.41) is 2.75. The Morgan fingerprint density at radius 1 is 1.09 bits per heavy atom. The van der Waals surface area contributed by atoms with E-state index in [0.717, 1.165) is 11.1 Å². The molecule has 2 aromatic carbocycles. The first kappa shape index (κ1) is 14.7. The molecule has 0 radical (unpaired) electrons. The molecular formula is C18H14N2O3. The number of carbonyl (C=O) groups excluding carboxylic acids is 2. The molecule has 0 bridgehead atoms. The molecule has 0 aromatic heterocycles. The van der Waals surface area contributed by atoms with Gasteiger partial charge in [-0.1, -0.05) is 42.5 Å². The Hall–Kier alpha value is -3.21. The lowest BCUT2D eigenvalue weighted by Crippen LogP contribution is -2.24. The molecule has 0 atom stereocenters. The van der Waals surface area contributed by atoms with E-state index in [1.807, 2.05) is 30.3 Å². The van der Waals surface area contributed by atoms with Gasteiger partial charge in [0.15, 0.2) is 0 Å². The van der Waals surface area contributed by atoms with Crippen LogP contribution in [-0.2, 0) is 9.53 Å². The van der Waals surface area contributed by atoms with Crippen molar-refractivity contribution in [2.24, 2.45) is 4.99 Å². The number of nitrogens with one attached hydrogen (secondary N) is 1. The summed E-state index contributed by atoms with van der Waals surface area (Å²) in [6.07, 6.45) is 1.67. The average molecular weight is 306 g/mol. The molecule has 0 aliphatic carbocycles. The monoisotopic (exact) mass is 306 g/mol. The lowest BCUT2D eigenvalue weighted by atomic mass is 10.1. The van der Waals surface area contributed by atoms with E-state index < -0.39 is 5.97 Å². The van der Waals surface area contributed by atoms with Gasteiger partial charge in [-0.3, -0.25) is 4.79 Å². The van der Waals surface area contributed by atoms with E-state index in [1.54, 1.807) is 30.3 Å². The smallest absolute Gasteiger partial charge is 0.337 e. The molecule has 0 saturated heterocycles. The van der Waals surface area contributed by atoms with Crippen LogP contribution in [0.5, 0.6) is 0 Å². The fraction of sp³-hybridized carbons (Fsp3) is 0.0556. The Morgan fingerprint density at radius 3 is 2.43 bits per heavy atom. The molecule has 0 fully saturated rings. The number of hydrogen-bond donors (Lipinski definition) is 1. The number of benzene rings is 2. The predicted octanol–water partition coefficient (Wildman–Crippen LogP) is 2.39. The molecule has 1 amide bonds. The Bertz CT molecular complexity index is 806. The lowest BCUT2D eigenvalue weighted by Gasteiger charge is -1.99. The van der Waals surface area contributed by atoms with E-state index in [2.05, 4.69) is 15.0 Å². The molecule has 1 N–H and O–H groups in total. The van der Waals surface area contributed by atoms with Crippen LogP contribution in [0, 0.1) is 0 Å². The molecule has 1 aliphatic rings. The van der Waals surface area contributed by atoms with E-state index >= 15 is 0 Å².